The lowest BCUT2D eigenvalue weighted by molar-refractivity contribution is 0.0697. The number of ether oxygens (including phenoxy) is 1. The van der Waals surface area contributed by atoms with Gasteiger partial charge in [-0.1, -0.05) is 18.2 Å². The van der Waals surface area contributed by atoms with E-state index in [2.05, 4.69) is 22.2 Å². The third-order valence-corrected chi connectivity index (χ3v) is 4.71. The number of nitrogens with zero attached hydrogens (tertiary/aromatic N) is 3. The topological polar surface area (TPSA) is 77.4 Å². The molecule has 0 radical (unpaired) electrons. The zero-order valence-electron chi connectivity index (χ0n) is 16.3. The first-order chi connectivity index (χ1) is 13.5. The SMILES string of the molecule is COc1cccc(CN=C(Nc2cccc(C(=O)O)c2)N2CCN(C)CC2)c1. The molecule has 1 aliphatic heterocycles. The number of aromatic carboxylic acids is 1. The monoisotopic (exact) mass is 382 g/mol. The molecule has 0 spiro atoms. The summed E-state index contributed by atoms with van der Waals surface area (Å²) in [5, 5.41) is 12.6. The first-order valence-corrected chi connectivity index (χ1v) is 9.26. The molecule has 0 saturated carbocycles. The van der Waals surface area contributed by atoms with Crippen molar-refractivity contribution in [2.75, 3.05) is 45.7 Å². The van der Waals surface area contributed by atoms with E-state index in [-0.39, 0.29) is 5.56 Å². The molecule has 2 aromatic carbocycles. The molecule has 148 valence electrons. The smallest absolute Gasteiger partial charge is 0.335 e. The number of anilines is 1. The quantitative estimate of drug-likeness (QED) is 0.611. The second kappa shape index (κ2) is 9.23. The fourth-order valence-electron chi connectivity index (χ4n) is 3.03. The molecule has 1 fully saturated rings. The van der Waals surface area contributed by atoms with Gasteiger partial charge in [0, 0.05) is 31.9 Å². The molecule has 1 saturated heterocycles. The van der Waals surface area contributed by atoms with Crippen molar-refractivity contribution in [3.8, 4) is 5.75 Å². The van der Waals surface area contributed by atoms with Crippen LogP contribution in [0.2, 0.25) is 0 Å². The van der Waals surface area contributed by atoms with Gasteiger partial charge in [0.1, 0.15) is 5.75 Å². The van der Waals surface area contributed by atoms with E-state index in [1.807, 2.05) is 30.3 Å². The van der Waals surface area contributed by atoms with Crippen LogP contribution in [0.4, 0.5) is 5.69 Å². The highest BCUT2D eigenvalue weighted by Crippen LogP contribution is 2.15. The van der Waals surface area contributed by atoms with E-state index >= 15 is 0 Å². The lowest BCUT2D eigenvalue weighted by atomic mass is 10.2. The lowest BCUT2D eigenvalue weighted by Crippen LogP contribution is -2.49. The fourth-order valence-corrected chi connectivity index (χ4v) is 3.03. The molecule has 0 unspecified atom stereocenters. The summed E-state index contributed by atoms with van der Waals surface area (Å²) in [7, 11) is 3.75. The van der Waals surface area contributed by atoms with Crippen molar-refractivity contribution < 1.29 is 14.6 Å². The van der Waals surface area contributed by atoms with Crippen molar-refractivity contribution in [1.29, 1.82) is 0 Å². The Bertz CT molecular complexity index is 845. The first kappa shape index (κ1) is 19.7. The molecule has 2 aromatic rings. The summed E-state index contributed by atoms with van der Waals surface area (Å²) < 4.78 is 5.29. The van der Waals surface area contributed by atoms with Gasteiger partial charge in [-0.25, -0.2) is 9.79 Å². The van der Waals surface area contributed by atoms with Crippen LogP contribution >= 0.6 is 0 Å². The third kappa shape index (κ3) is 5.23. The van der Waals surface area contributed by atoms with E-state index in [0.29, 0.717) is 12.2 Å². The maximum atomic E-state index is 11.3. The van der Waals surface area contributed by atoms with Crippen molar-refractivity contribution in [3.05, 3.63) is 59.7 Å². The Labute approximate surface area is 165 Å². The van der Waals surface area contributed by atoms with E-state index in [1.54, 1.807) is 25.3 Å². The predicted octanol–water partition coefficient (Wildman–Crippen LogP) is 2.61. The third-order valence-electron chi connectivity index (χ3n) is 4.71. The summed E-state index contributed by atoms with van der Waals surface area (Å²) in [4.78, 5) is 20.5. The normalized spacial score (nSPS) is 15.4. The minimum Gasteiger partial charge on any atom is -0.497 e. The highest BCUT2D eigenvalue weighted by Gasteiger charge is 2.18. The number of guanidine groups is 1. The van der Waals surface area contributed by atoms with Gasteiger partial charge in [0.2, 0.25) is 0 Å². The van der Waals surface area contributed by atoms with Crippen LogP contribution in [0, 0.1) is 0 Å². The molecule has 0 aliphatic carbocycles. The van der Waals surface area contributed by atoms with Crippen LogP contribution in [0.1, 0.15) is 15.9 Å². The number of rotatable bonds is 5. The van der Waals surface area contributed by atoms with E-state index in [4.69, 9.17) is 9.73 Å². The van der Waals surface area contributed by atoms with Crippen molar-refractivity contribution in [3.63, 3.8) is 0 Å². The molecule has 0 amide bonds. The molecule has 0 aromatic heterocycles. The van der Waals surface area contributed by atoms with Crippen molar-refractivity contribution in [2.45, 2.75) is 6.54 Å². The maximum absolute atomic E-state index is 11.3. The number of methoxy groups -OCH3 is 1. The summed E-state index contributed by atoms with van der Waals surface area (Å²) in [6.45, 7) is 4.13. The molecule has 0 atom stereocenters. The van der Waals surface area contributed by atoms with Gasteiger partial charge in [-0.05, 0) is 42.9 Å². The van der Waals surface area contributed by atoms with E-state index in [1.165, 1.54) is 0 Å². The molecule has 28 heavy (non-hydrogen) atoms. The summed E-state index contributed by atoms with van der Waals surface area (Å²) in [6.07, 6.45) is 0. The van der Waals surface area contributed by atoms with Gasteiger partial charge in [0.05, 0.1) is 19.2 Å². The summed E-state index contributed by atoms with van der Waals surface area (Å²) in [6, 6.07) is 14.6. The standard InChI is InChI=1S/C21H26N4O3/c1-24-9-11-25(12-10-24)21(22-15-16-5-3-8-19(13-16)28-2)23-18-7-4-6-17(14-18)20(26)27/h3-8,13-14H,9-12,15H2,1-2H3,(H,22,23)(H,26,27). The molecular formula is C21H26N4O3. The summed E-state index contributed by atoms with van der Waals surface area (Å²) >= 11 is 0. The number of hydrogen-bond acceptors (Lipinski definition) is 4. The van der Waals surface area contributed by atoms with Crippen LogP contribution in [-0.2, 0) is 6.54 Å². The van der Waals surface area contributed by atoms with Gasteiger partial charge < -0.3 is 25.0 Å². The Morgan fingerprint density at radius 3 is 2.61 bits per heavy atom. The highest BCUT2D eigenvalue weighted by molar-refractivity contribution is 5.95. The van der Waals surface area contributed by atoms with Crippen molar-refractivity contribution in [1.82, 2.24) is 9.80 Å². The highest BCUT2D eigenvalue weighted by atomic mass is 16.5. The van der Waals surface area contributed by atoms with E-state index in [9.17, 15) is 9.90 Å². The van der Waals surface area contributed by atoms with E-state index in [0.717, 1.165) is 43.5 Å². The molecular weight excluding hydrogens is 356 g/mol. The zero-order chi connectivity index (χ0) is 19.9. The number of likely N-dealkylation sites (N-methyl/N-ethyl adjacent to an activating group) is 1. The van der Waals surface area contributed by atoms with Gasteiger partial charge in [-0.2, -0.15) is 0 Å². The number of benzene rings is 2. The molecule has 0 bridgehead atoms. The van der Waals surface area contributed by atoms with Gasteiger partial charge in [-0.3, -0.25) is 0 Å². The number of piperazine rings is 1. The van der Waals surface area contributed by atoms with Crippen LogP contribution in [0.5, 0.6) is 5.75 Å². The number of nitrogens with one attached hydrogen (secondary N) is 1. The molecule has 3 rings (SSSR count). The van der Waals surface area contributed by atoms with Crippen LogP contribution in [0.3, 0.4) is 0 Å². The molecule has 7 nitrogen and oxygen atoms in total. The number of hydrogen-bond donors (Lipinski definition) is 2. The number of carboxylic acids is 1. The Morgan fingerprint density at radius 2 is 1.89 bits per heavy atom. The zero-order valence-corrected chi connectivity index (χ0v) is 16.3. The van der Waals surface area contributed by atoms with Gasteiger partial charge in [-0.15, -0.1) is 0 Å². The minimum absolute atomic E-state index is 0.246. The second-order valence-corrected chi connectivity index (χ2v) is 6.79. The van der Waals surface area contributed by atoms with Crippen LogP contribution in [-0.4, -0.2) is 67.2 Å². The number of aliphatic imine (C=N–C) groups is 1. The molecule has 2 N–H and O–H groups in total. The molecule has 7 heteroatoms. The van der Waals surface area contributed by atoms with Gasteiger partial charge in [0.15, 0.2) is 5.96 Å². The molecule has 1 heterocycles. The Morgan fingerprint density at radius 1 is 1.14 bits per heavy atom. The summed E-state index contributed by atoms with van der Waals surface area (Å²) in [5.41, 5.74) is 2.01. The molecule has 1 aliphatic rings. The predicted molar refractivity (Wildman–Crippen MR) is 110 cm³/mol. The number of carboxylic acid groups (broad SMARTS) is 1. The minimum atomic E-state index is -0.946. The largest absolute Gasteiger partial charge is 0.497 e. The summed E-state index contributed by atoms with van der Waals surface area (Å²) in [5.74, 6) is 0.604. The fraction of sp³-hybridized carbons (Fsp3) is 0.333. The van der Waals surface area contributed by atoms with Crippen LogP contribution in [0.15, 0.2) is 53.5 Å². The maximum Gasteiger partial charge on any atom is 0.335 e. The number of carbonyl (C=O) groups is 1. The van der Waals surface area contributed by atoms with Gasteiger partial charge in [0.25, 0.3) is 0 Å². The van der Waals surface area contributed by atoms with Crippen LogP contribution < -0.4 is 10.1 Å². The Balaban J connectivity index is 1.82. The van der Waals surface area contributed by atoms with Crippen molar-refractivity contribution in [2.24, 2.45) is 4.99 Å². The van der Waals surface area contributed by atoms with Gasteiger partial charge >= 0.3 is 5.97 Å². The Hall–Kier alpha value is -3.06. The average Bonchev–Trinajstić information content (AvgIpc) is 2.72. The first-order valence-electron chi connectivity index (χ1n) is 9.26. The van der Waals surface area contributed by atoms with Crippen molar-refractivity contribution >= 4 is 17.6 Å². The second-order valence-electron chi connectivity index (χ2n) is 6.79. The lowest BCUT2D eigenvalue weighted by Gasteiger charge is -2.34. The van der Waals surface area contributed by atoms with Crippen LogP contribution in [0.25, 0.3) is 0 Å². The average molecular weight is 382 g/mol. The Kier molecular flexibility index (Phi) is 6.49. The van der Waals surface area contributed by atoms with E-state index < -0.39 is 5.97 Å².